The number of carbonyl (C=O) groups is 2. The molecule has 0 aromatic heterocycles. The molecule has 8 heteroatoms. The fourth-order valence-corrected chi connectivity index (χ4v) is 2.43. The molecule has 2 amide bonds. The molecule has 0 radical (unpaired) electrons. The molecule has 3 N–H and O–H groups in total. The van der Waals surface area contributed by atoms with Gasteiger partial charge in [-0.2, -0.15) is 0 Å². The van der Waals surface area contributed by atoms with Crippen molar-refractivity contribution < 1.29 is 9.59 Å². The third-order valence-electron chi connectivity index (χ3n) is 3.59. The monoisotopic (exact) mass is 362 g/mol. The van der Waals surface area contributed by atoms with Gasteiger partial charge in [0.15, 0.2) is 0 Å². The number of para-hydroxylation sites is 1. The molecule has 0 atom stereocenters. The minimum Gasteiger partial charge on any atom is -0.398 e. The molecule has 0 bridgehead atoms. The average molecular weight is 363 g/mol. The zero-order chi connectivity index (χ0) is 15.2. The number of piperazine rings is 1. The molecule has 1 aromatic rings. The smallest absolute Gasteiger partial charge is 0.256 e. The Bertz CT molecular complexity index is 520. The molecule has 0 spiro atoms. The van der Waals surface area contributed by atoms with E-state index in [9.17, 15) is 9.59 Å². The van der Waals surface area contributed by atoms with E-state index >= 15 is 0 Å². The van der Waals surface area contributed by atoms with Gasteiger partial charge in [-0.15, -0.1) is 24.8 Å². The molecular weight excluding hydrogens is 339 g/mol. The summed E-state index contributed by atoms with van der Waals surface area (Å²) in [4.78, 5) is 27.8. The van der Waals surface area contributed by atoms with Crippen LogP contribution in [0.1, 0.15) is 17.3 Å². The van der Waals surface area contributed by atoms with Crippen LogP contribution in [0.2, 0.25) is 0 Å². The van der Waals surface area contributed by atoms with Gasteiger partial charge in [-0.05, 0) is 19.1 Å². The summed E-state index contributed by atoms with van der Waals surface area (Å²) in [6, 6.07) is 7.11. The van der Waals surface area contributed by atoms with Gasteiger partial charge in [0.05, 0.1) is 12.1 Å². The molecule has 6 nitrogen and oxygen atoms in total. The van der Waals surface area contributed by atoms with Gasteiger partial charge in [0.25, 0.3) is 5.91 Å². The minimum atomic E-state index is -0.0363. The van der Waals surface area contributed by atoms with E-state index in [0.29, 0.717) is 50.5 Å². The van der Waals surface area contributed by atoms with Gasteiger partial charge in [-0.25, -0.2) is 0 Å². The van der Waals surface area contributed by atoms with Crippen molar-refractivity contribution in [2.24, 2.45) is 0 Å². The highest BCUT2D eigenvalue weighted by molar-refractivity contribution is 5.99. The Morgan fingerprint density at radius 2 is 1.74 bits per heavy atom. The van der Waals surface area contributed by atoms with Crippen LogP contribution in [0.15, 0.2) is 24.3 Å². The van der Waals surface area contributed by atoms with Gasteiger partial charge >= 0.3 is 0 Å². The number of benzene rings is 1. The van der Waals surface area contributed by atoms with Crippen LogP contribution in [0.5, 0.6) is 0 Å². The maximum absolute atomic E-state index is 12.4. The summed E-state index contributed by atoms with van der Waals surface area (Å²) in [5.41, 5.74) is 6.90. The lowest BCUT2D eigenvalue weighted by Crippen LogP contribution is -2.51. The number of amides is 2. The van der Waals surface area contributed by atoms with Crippen LogP contribution in [0, 0.1) is 0 Å². The Balaban J connectivity index is 0.00000242. The molecule has 1 heterocycles. The second-order valence-electron chi connectivity index (χ2n) is 5.11. The molecule has 0 saturated carbocycles. The largest absolute Gasteiger partial charge is 0.398 e. The van der Waals surface area contributed by atoms with E-state index in [4.69, 9.17) is 5.73 Å². The van der Waals surface area contributed by atoms with Gasteiger partial charge < -0.3 is 16.0 Å². The Labute approximate surface area is 149 Å². The lowest BCUT2D eigenvalue weighted by atomic mass is 10.1. The molecule has 2 rings (SSSR count). The first-order valence-electron chi connectivity index (χ1n) is 7.24. The van der Waals surface area contributed by atoms with Crippen LogP contribution in [0.25, 0.3) is 0 Å². The summed E-state index contributed by atoms with van der Waals surface area (Å²) in [6.07, 6.45) is 0. The fourth-order valence-electron chi connectivity index (χ4n) is 2.43. The highest BCUT2D eigenvalue weighted by atomic mass is 35.5. The number of nitrogens with two attached hydrogens (primary N) is 1. The van der Waals surface area contributed by atoms with Gasteiger partial charge in [-0.1, -0.05) is 12.1 Å². The van der Waals surface area contributed by atoms with Gasteiger partial charge in [0, 0.05) is 38.4 Å². The summed E-state index contributed by atoms with van der Waals surface area (Å²) in [5, 5.41) is 2.78. The Morgan fingerprint density at radius 3 is 2.30 bits per heavy atom. The predicted octanol–water partition coefficient (Wildman–Crippen LogP) is 1.01. The van der Waals surface area contributed by atoms with Crippen molar-refractivity contribution in [3.63, 3.8) is 0 Å². The van der Waals surface area contributed by atoms with E-state index in [0.717, 1.165) is 0 Å². The first-order chi connectivity index (χ1) is 10.1. The number of hydrogen-bond acceptors (Lipinski definition) is 4. The van der Waals surface area contributed by atoms with E-state index in [-0.39, 0.29) is 36.6 Å². The van der Waals surface area contributed by atoms with Gasteiger partial charge in [0.2, 0.25) is 5.91 Å². The summed E-state index contributed by atoms with van der Waals surface area (Å²) >= 11 is 0. The number of nitrogens with one attached hydrogen (secondary N) is 1. The SMILES string of the molecule is CCNC(=O)CN1CCN(C(=O)c2ccccc2N)CC1.Cl.Cl. The van der Waals surface area contributed by atoms with E-state index in [1.54, 1.807) is 17.0 Å². The molecule has 1 fully saturated rings. The number of likely N-dealkylation sites (N-methyl/N-ethyl adjacent to an activating group) is 1. The molecule has 1 aromatic carbocycles. The lowest BCUT2D eigenvalue weighted by molar-refractivity contribution is -0.122. The zero-order valence-corrected chi connectivity index (χ0v) is 14.8. The Hall–Kier alpha value is -1.50. The van der Waals surface area contributed by atoms with E-state index in [1.807, 2.05) is 19.1 Å². The fraction of sp³-hybridized carbons (Fsp3) is 0.467. The minimum absolute atomic E-state index is 0. The Kier molecular flexibility index (Phi) is 9.64. The van der Waals surface area contributed by atoms with Gasteiger partial charge in [0.1, 0.15) is 0 Å². The summed E-state index contributed by atoms with van der Waals surface area (Å²) < 4.78 is 0. The zero-order valence-electron chi connectivity index (χ0n) is 13.2. The maximum atomic E-state index is 12.4. The van der Waals surface area contributed by atoms with E-state index in [2.05, 4.69) is 10.2 Å². The van der Waals surface area contributed by atoms with Crippen LogP contribution >= 0.6 is 24.8 Å². The average Bonchev–Trinajstić information content (AvgIpc) is 2.48. The number of nitrogens with zero attached hydrogens (tertiary/aromatic N) is 2. The highest BCUT2D eigenvalue weighted by Crippen LogP contribution is 2.14. The topological polar surface area (TPSA) is 78.7 Å². The molecular formula is C15H24Cl2N4O2. The van der Waals surface area contributed by atoms with Crippen LogP contribution in [-0.4, -0.2) is 60.9 Å². The van der Waals surface area contributed by atoms with Crippen molar-refractivity contribution in [2.75, 3.05) is 45.0 Å². The van der Waals surface area contributed by atoms with E-state index in [1.165, 1.54) is 0 Å². The van der Waals surface area contributed by atoms with Crippen molar-refractivity contribution in [3.8, 4) is 0 Å². The molecule has 0 unspecified atom stereocenters. The molecule has 1 aliphatic heterocycles. The first kappa shape index (κ1) is 21.5. The standard InChI is InChI=1S/C15H22N4O2.2ClH/c1-2-17-14(20)11-18-7-9-19(10-8-18)15(21)12-5-3-4-6-13(12)16;;/h3-6H,2,7-11,16H2,1H3,(H,17,20);2*1H. The predicted molar refractivity (Wildman–Crippen MR) is 96.4 cm³/mol. The van der Waals surface area contributed by atoms with Crippen molar-refractivity contribution in [1.82, 2.24) is 15.1 Å². The number of nitrogen functional groups attached to an aromatic ring is 1. The number of anilines is 1. The first-order valence-corrected chi connectivity index (χ1v) is 7.24. The van der Waals surface area contributed by atoms with Crippen LogP contribution in [0.4, 0.5) is 5.69 Å². The van der Waals surface area contributed by atoms with Crippen LogP contribution < -0.4 is 11.1 Å². The summed E-state index contributed by atoms with van der Waals surface area (Å²) in [7, 11) is 0. The number of rotatable bonds is 4. The lowest BCUT2D eigenvalue weighted by Gasteiger charge is -2.34. The van der Waals surface area contributed by atoms with Crippen molar-refractivity contribution >= 4 is 42.3 Å². The summed E-state index contributed by atoms with van der Waals surface area (Å²) in [6.45, 7) is 5.58. The van der Waals surface area contributed by atoms with E-state index < -0.39 is 0 Å². The number of carbonyl (C=O) groups excluding carboxylic acids is 2. The number of hydrogen-bond donors (Lipinski definition) is 2. The molecule has 130 valence electrons. The van der Waals surface area contributed by atoms with Crippen LogP contribution in [-0.2, 0) is 4.79 Å². The highest BCUT2D eigenvalue weighted by Gasteiger charge is 2.23. The second kappa shape index (κ2) is 10.3. The Morgan fingerprint density at radius 1 is 1.13 bits per heavy atom. The second-order valence-corrected chi connectivity index (χ2v) is 5.11. The van der Waals surface area contributed by atoms with Crippen molar-refractivity contribution in [3.05, 3.63) is 29.8 Å². The molecule has 1 aliphatic rings. The molecule has 23 heavy (non-hydrogen) atoms. The number of halogens is 2. The van der Waals surface area contributed by atoms with Crippen molar-refractivity contribution in [1.29, 1.82) is 0 Å². The van der Waals surface area contributed by atoms with Crippen molar-refractivity contribution in [2.45, 2.75) is 6.92 Å². The van der Waals surface area contributed by atoms with Gasteiger partial charge in [-0.3, -0.25) is 14.5 Å². The summed E-state index contributed by atoms with van der Waals surface area (Å²) in [5.74, 6) is -0.00431. The molecule has 0 aliphatic carbocycles. The van der Waals surface area contributed by atoms with Crippen LogP contribution in [0.3, 0.4) is 0 Å². The quantitative estimate of drug-likeness (QED) is 0.783. The normalized spacial score (nSPS) is 14.4. The third kappa shape index (κ3) is 5.89. The maximum Gasteiger partial charge on any atom is 0.256 e. The molecule has 1 saturated heterocycles. The third-order valence-corrected chi connectivity index (χ3v) is 3.59.